The van der Waals surface area contributed by atoms with Crippen molar-refractivity contribution in [2.45, 2.75) is 13.0 Å². The molecule has 3 rings (SSSR count). The molecule has 1 amide bonds. The van der Waals surface area contributed by atoms with Crippen LogP contribution in [0.4, 0.5) is 14.5 Å². The van der Waals surface area contributed by atoms with Gasteiger partial charge in [-0.2, -0.15) is 8.78 Å². The Labute approximate surface area is 156 Å². The number of amides is 1. The molecule has 2 aromatic heterocycles. The summed E-state index contributed by atoms with van der Waals surface area (Å²) in [5.41, 5.74) is 1.88. The van der Waals surface area contributed by atoms with Crippen molar-refractivity contribution >= 4 is 34.5 Å². The van der Waals surface area contributed by atoms with Crippen molar-refractivity contribution in [1.29, 1.82) is 0 Å². The highest BCUT2D eigenvalue weighted by atomic mass is 35.5. The van der Waals surface area contributed by atoms with Gasteiger partial charge in [-0.15, -0.1) is 11.3 Å². The van der Waals surface area contributed by atoms with Gasteiger partial charge in [0.25, 0.3) is 0 Å². The average molecular weight is 396 g/mol. The number of halogens is 3. The molecule has 5 nitrogen and oxygen atoms in total. The topological polar surface area (TPSA) is 64.1 Å². The molecular weight excluding hydrogens is 384 g/mol. The predicted octanol–water partition coefficient (Wildman–Crippen LogP) is 4.64. The fourth-order valence-electron chi connectivity index (χ4n) is 2.15. The summed E-state index contributed by atoms with van der Waals surface area (Å²) < 4.78 is 28.7. The van der Waals surface area contributed by atoms with Crippen LogP contribution in [0, 0.1) is 0 Å². The fourth-order valence-corrected chi connectivity index (χ4v) is 3.19. The van der Waals surface area contributed by atoms with Crippen LogP contribution in [-0.4, -0.2) is 22.5 Å². The lowest BCUT2D eigenvalue weighted by atomic mass is 10.2. The van der Waals surface area contributed by atoms with Crippen molar-refractivity contribution in [3.8, 4) is 16.3 Å². The minimum absolute atomic E-state index is 0.0179. The van der Waals surface area contributed by atoms with E-state index in [0.717, 1.165) is 10.6 Å². The molecule has 0 aliphatic carbocycles. The first-order valence-corrected chi connectivity index (χ1v) is 8.66. The summed E-state index contributed by atoms with van der Waals surface area (Å²) in [6, 6.07) is 7.76. The van der Waals surface area contributed by atoms with Crippen molar-refractivity contribution in [3.63, 3.8) is 0 Å². The third-order valence-corrected chi connectivity index (χ3v) is 4.47. The van der Waals surface area contributed by atoms with E-state index in [1.165, 1.54) is 29.5 Å². The predicted molar refractivity (Wildman–Crippen MR) is 95.8 cm³/mol. The quantitative estimate of drug-likeness (QED) is 0.660. The van der Waals surface area contributed by atoms with Gasteiger partial charge in [0.15, 0.2) is 0 Å². The Balaban J connectivity index is 1.63. The van der Waals surface area contributed by atoms with E-state index >= 15 is 0 Å². The first-order chi connectivity index (χ1) is 12.5. The first kappa shape index (κ1) is 18.2. The molecule has 9 heteroatoms. The molecule has 0 atom stereocenters. The largest absolute Gasteiger partial charge is 0.433 e. The van der Waals surface area contributed by atoms with Crippen molar-refractivity contribution in [3.05, 3.63) is 58.8 Å². The smallest absolute Gasteiger partial charge is 0.387 e. The molecule has 0 aliphatic heterocycles. The van der Waals surface area contributed by atoms with E-state index in [0.29, 0.717) is 11.4 Å². The number of carbonyl (C=O) groups is 1. The number of nitrogens with one attached hydrogen (secondary N) is 1. The van der Waals surface area contributed by atoms with E-state index in [2.05, 4.69) is 20.0 Å². The van der Waals surface area contributed by atoms with Crippen LogP contribution in [0.1, 0.15) is 5.69 Å². The zero-order chi connectivity index (χ0) is 18.5. The van der Waals surface area contributed by atoms with Gasteiger partial charge in [-0.1, -0.05) is 11.6 Å². The molecule has 134 valence electrons. The number of hydrogen-bond acceptors (Lipinski definition) is 5. The minimum atomic E-state index is -2.97. The lowest BCUT2D eigenvalue weighted by Crippen LogP contribution is -2.14. The van der Waals surface area contributed by atoms with Crippen LogP contribution >= 0.6 is 22.9 Å². The molecule has 0 fully saturated rings. The molecule has 0 saturated carbocycles. The summed E-state index contributed by atoms with van der Waals surface area (Å²) in [5.74, 6) is -0.452. The summed E-state index contributed by atoms with van der Waals surface area (Å²) >= 11 is 7.28. The van der Waals surface area contributed by atoms with E-state index in [9.17, 15) is 13.6 Å². The summed E-state index contributed by atoms with van der Waals surface area (Å²) in [6.45, 7) is -2.97. The molecule has 26 heavy (non-hydrogen) atoms. The Hall–Kier alpha value is -2.58. The van der Waals surface area contributed by atoms with Gasteiger partial charge in [-0.25, -0.2) is 4.98 Å². The average Bonchev–Trinajstić information content (AvgIpc) is 3.06. The third-order valence-electron chi connectivity index (χ3n) is 3.23. The number of ether oxygens (including phenoxy) is 1. The monoisotopic (exact) mass is 395 g/mol. The van der Waals surface area contributed by atoms with Crippen molar-refractivity contribution in [1.82, 2.24) is 9.97 Å². The molecule has 1 N–H and O–H groups in total. The maximum atomic E-state index is 12.2. The van der Waals surface area contributed by atoms with Crippen LogP contribution in [0.25, 0.3) is 10.6 Å². The van der Waals surface area contributed by atoms with E-state index in [-0.39, 0.29) is 23.1 Å². The Morgan fingerprint density at radius 3 is 2.88 bits per heavy atom. The molecule has 0 unspecified atom stereocenters. The van der Waals surface area contributed by atoms with Crippen LogP contribution in [0.15, 0.2) is 48.1 Å². The SMILES string of the molecule is O=C(Cc1csc(-c2cccnc2)n1)Nc1ccc(OC(F)F)c(Cl)c1. The van der Waals surface area contributed by atoms with Gasteiger partial charge in [0.1, 0.15) is 10.8 Å². The van der Waals surface area contributed by atoms with E-state index < -0.39 is 6.61 Å². The van der Waals surface area contributed by atoms with Crippen molar-refractivity contribution < 1.29 is 18.3 Å². The van der Waals surface area contributed by atoms with Crippen LogP contribution in [0.5, 0.6) is 5.75 Å². The molecule has 2 heterocycles. The minimum Gasteiger partial charge on any atom is -0.433 e. The van der Waals surface area contributed by atoms with Gasteiger partial charge < -0.3 is 10.1 Å². The zero-order valence-corrected chi connectivity index (χ0v) is 14.7. The van der Waals surface area contributed by atoms with Gasteiger partial charge in [0, 0.05) is 29.0 Å². The second-order valence-electron chi connectivity index (χ2n) is 5.13. The van der Waals surface area contributed by atoms with Crippen molar-refractivity contribution in [2.75, 3.05) is 5.32 Å². The lowest BCUT2D eigenvalue weighted by Gasteiger charge is -2.09. The number of carbonyl (C=O) groups excluding carboxylic acids is 1. The van der Waals surface area contributed by atoms with E-state index in [1.807, 2.05) is 12.1 Å². The standard InChI is InChI=1S/C17H12ClF2N3O2S/c18-13-6-11(3-4-14(13)25-17(19)20)22-15(24)7-12-9-26-16(23-12)10-2-1-5-21-8-10/h1-6,8-9,17H,7H2,(H,22,24). The molecule has 0 spiro atoms. The number of pyridine rings is 1. The van der Waals surface area contributed by atoms with Gasteiger partial charge >= 0.3 is 6.61 Å². The highest BCUT2D eigenvalue weighted by Gasteiger charge is 2.12. The number of nitrogens with zero attached hydrogens (tertiary/aromatic N) is 2. The van der Waals surface area contributed by atoms with Crippen LogP contribution < -0.4 is 10.1 Å². The Morgan fingerprint density at radius 2 is 2.19 bits per heavy atom. The fraction of sp³-hybridized carbons (Fsp3) is 0.118. The molecular formula is C17H12ClF2N3O2S. The Morgan fingerprint density at radius 1 is 1.35 bits per heavy atom. The molecule has 0 saturated heterocycles. The number of hydrogen-bond donors (Lipinski definition) is 1. The number of benzene rings is 1. The lowest BCUT2D eigenvalue weighted by molar-refractivity contribution is -0.115. The second-order valence-corrected chi connectivity index (χ2v) is 6.40. The highest BCUT2D eigenvalue weighted by Crippen LogP contribution is 2.29. The van der Waals surface area contributed by atoms with Crippen LogP contribution in [-0.2, 0) is 11.2 Å². The highest BCUT2D eigenvalue weighted by molar-refractivity contribution is 7.13. The van der Waals surface area contributed by atoms with Crippen LogP contribution in [0.2, 0.25) is 5.02 Å². The number of aromatic nitrogens is 2. The van der Waals surface area contributed by atoms with Gasteiger partial charge in [0.2, 0.25) is 5.91 Å². The van der Waals surface area contributed by atoms with Gasteiger partial charge in [0.05, 0.1) is 17.1 Å². The maximum Gasteiger partial charge on any atom is 0.387 e. The molecule has 0 radical (unpaired) electrons. The van der Waals surface area contributed by atoms with Crippen LogP contribution in [0.3, 0.4) is 0 Å². The zero-order valence-electron chi connectivity index (χ0n) is 13.2. The summed E-state index contributed by atoms with van der Waals surface area (Å²) in [7, 11) is 0. The van der Waals surface area contributed by atoms with E-state index in [1.54, 1.807) is 17.8 Å². The number of rotatable bonds is 6. The number of alkyl halides is 2. The van der Waals surface area contributed by atoms with Gasteiger partial charge in [-0.05, 0) is 30.3 Å². The number of thiazole rings is 1. The summed E-state index contributed by atoms with van der Waals surface area (Å²) in [5, 5.41) is 5.20. The third kappa shape index (κ3) is 4.74. The number of anilines is 1. The molecule has 1 aromatic carbocycles. The normalized spacial score (nSPS) is 10.8. The Bertz CT molecular complexity index is 906. The van der Waals surface area contributed by atoms with E-state index in [4.69, 9.17) is 11.6 Å². The molecule has 0 aliphatic rings. The summed E-state index contributed by atoms with van der Waals surface area (Å²) in [4.78, 5) is 20.6. The maximum absolute atomic E-state index is 12.2. The van der Waals surface area contributed by atoms with Gasteiger partial charge in [-0.3, -0.25) is 9.78 Å². The summed E-state index contributed by atoms with van der Waals surface area (Å²) in [6.07, 6.45) is 3.45. The first-order valence-electron chi connectivity index (χ1n) is 7.40. The molecule has 0 bridgehead atoms. The Kier molecular flexibility index (Phi) is 5.75. The van der Waals surface area contributed by atoms with Crippen molar-refractivity contribution in [2.24, 2.45) is 0 Å². The molecule has 3 aromatic rings. The second kappa shape index (κ2) is 8.20.